The Labute approximate surface area is 128 Å². The molecule has 0 saturated heterocycles. The minimum absolute atomic E-state index is 0. The molecule has 0 heteroatoms. The van der Waals surface area contributed by atoms with Gasteiger partial charge in [-0.3, -0.25) is 0 Å². The molecule has 0 spiro atoms. The van der Waals surface area contributed by atoms with Crippen LogP contribution in [0.1, 0.15) is 38.8 Å². The van der Waals surface area contributed by atoms with Gasteiger partial charge in [0, 0.05) is 0 Å². The van der Waals surface area contributed by atoms with Crippen molar-refractivity contribution in [1.29, 1.82) is 0 Å². The summed E-state index contributed by atoms with van der Waals surface area (Å²) in [4.78, 5) is 0. The number of allylic oxidation sites excluding steroid dienone is 3. The summed E-state index contributed by atoms with van der Waals surface area (Å²) >= 11 is 0. The summed E-state index contributed by atoms with van der Waals surface area (Å²) in [7, 11) is 0. The number of fused-ring (bicyclic) bond motifs is 3. The molecule has 2 aromatic carbocycles. The fraction of sp³-hybridized carbons (Fsp3) is 0.238. The Morgan fingerprint density at radius 2 is 1.48 bits per heavy atom. The Bertz CT molecular complexity index is 674. The van der Waals surface area contributed by atoms with E-state index in [1.807, 2.05) is 0 Å². The highest BCUT2D eigenvalue weighted by Crippen LogP contribution is 2.33. The van der Waals surface area contributed by atoms with Gasteiger partial charge < -0.3 is 0 Å². The van der Waals surface area contributed by atoms with Crippen molar-refractivity contribution >= 4 is 11.6 Å². The molecule has 1 aliphatic carbocycles. The molecule has 0 aliphatic heterocycles. The molecular formula is C21H24. The van der Waals surface area contributed by atoms with Gasteiger partial charge in [-0.1, -0.05) is 81.1 Å². The van der Waals surface area contributed by atoms with E-state index in [-0.39, 0.29) is 7.43 Å². The van der Waals surface area contributed by atoms with Crippen LogP contribution in [0.4, 0.5) is 0 Å². The second-order valence-electron chi connectivity index (χ2n) is 5.60. The van der Waals surface area contributed by atoms with Crippen LogP contribution in [0, 0.1) is 5.92 Å². The first-order valence-corrected chi connectivity index (χ1v) is 7.29. The third-order valence-electron chi connectivity index (χ3n) is 3.94. The predicted octanol–water partition coefficient (Wildman–Crippen LogP) is 6.45. The lowest BCUT2D eigenvalue weighted by molar-refractivity contribution is 0.747. The molecule has 2 aromatic rings. The average molecular weight is 276 g/mol. The number of benzene rings is 2. The summed E-state index contributed by atoms with van der Waals surface area (Å²) in [6.07, 6.45) is 8.03. The summed E-state index contributed by atoms with van der Waals surface area (Å²) in [6, 6.07) is 17.4. The predicted molar refractivity (Wildman–Crippen MR) is 95.1 cm³/mol. The number of hydrogen-bond donors (Lipinski definition) is 0. The van der Waals surface area contributed by atoms with Gasteiger partial charge in [0.1, 0.15) is 0 Å². The fourth-order valence-corrected chi connectivity index (χ4v) is 2.94. The maximum absolute atomic E-state index is 2.39. The molecule has 0 nitrogen and oxygen atoms in total. The van der Waals surface area contributed by atoms with Crippen LogP contribution >= 0.6 is 0 Å². The quantitative estimate of drug-likeness (QED) is 0.519. The molecule has 0 fully saturated rings. The Morgan fingerprint density at radius 1 is 0.857 bits per heavy atom. The molecule has 21 heavy (non-hydrogen) atoms. The zero-order valence-corrected chi connectivity index (χ0v) is 12.1. The third-order valence-corrected chi connectivity index (χ3v) is 3.94. The van der Waals surface area contributed by atoms with E-state index in [9.17, 15) is 0 Å². The van der Waals surface area contributed by atoms with Crippen LogP contribution in [0.25, 0.3) is 22.8 Å². The molecule has 3 rings (SSSR count). The maximum atomic E-state index is 2.39. The lowest BCUT2D eigenvalue weighted by Gasteiger charge is -2.15. The van der Waals surface area contributed by atoms with Gasteiger partial charge in [0.2, 0.25) is 0 Å². The topological polar surface area (TPSA) is 0 Å². The van der Waals surface area contributed by atoms with Crippen molar-refractivity contribution in [1.82, 2.24) is 0 Å². The van der Waals surface area contributed by atoms with Crippen molar-refractivity contribution in [3.05, 3.63) is 71.8 Å². The van der Waals surface area contributed by atoms with Gasteiger partial charge in [0.15, 0.2) is 0 Å². The zero-order valence-electron chi connectivity index (χ0n) is 12.1. The van der Waals surface area contributed by atoms with Gasteiger partial charge in [-0.2, -0.15) is 0 Å². The SMILES string of the molecule is C.C/C1=C\C(C)C/C=C/c2ccccc2-c2ccccc21. The highest BCUT2D eigenvalue weighted by atomic mass is 14.1. The molecule has 1 aliphatic rings. The number of hydrogen-bond acceptors (Lipinski definition) is 0. The fourth-order valence-electron chi connectivity index (χ4n) is 2.94. The van der Waals surface area contributed by atoms with E-state index in [1.54, 1.807) is 0 Å². The van der Waals surface area contributed by atoms with E-state index in [0.29, 0.717) is 5.92 Å². The van der Waals surface area contributed by atoms with E-state index in [1.165, 1.54) is 27.8 Å². The lowest BCUT2D eigenvalue weighted by Crippen LogP contribution is -1.95. The zero-order chi connectivity index (χ0) is 13.9. The molecule has 0 amide bonds. The lowest BCUT2D eigenvalue weighted by atomic mass is 9.89. The first-order chi connectivity index (χ1) is 9.75. The molecule has 0 heterocycles. The molecule has 1 unspecified atom stereocenters. The van der Waals surface area contributed by atoms with Crippen molar-refractivity contribution < 1.29 is 0 Å². The second kappa shape index (κ2) is 6.58. The molecule has 0 radical (unpaired) electrons. The molecule has 0 aromatic heterocycles. The first-order valence-electron chi connectivity index (χ1n) is 7.29. The van der Waals surface area contributed by atoms with Crippen LogP contribution in [0.5, 0.6) is 0 Å². The van der Waals surface area contributed by atoms with Crippen molar-refractivity contribution in [3.63, 3.8) is 0 Å². The van der Waals surface area contributed by atoms with Crippen LogP contribution in [0.2, 0.25) is 0 Å². The Balaban J connectivity index is 0.00000161. The monoisotopic (exact) mass is 276 g/mol. The maximum Gasteiger partial charge on any atom is -0.0103 e. The second-order valence-corrected chi connectivity index (χ2v) is 5.60. The summed E-state index contributed by atoms with van der Waals surface area (Å²) in [5.74, 6) is 0.574. The molecule has 0 N–H and O–H groups in total. The molecule has 0 bridgehead atoms. The van der Waals surface area contributed by atoms with E-state index in [0.717, 1.165) is 6.42 Å². The van der Waals surface area contributed by atoms with Gasteiger partial charge >= 0.3 is 0 Å². The van der Waals surface area contributed by atoms with E-state index in [2.05, 4.69) is 80.6 Å². The third kappa shape index (κ3) is 3.16. The van der Waals surface area contributed by atoms with Crippen LogP contribution in [-0.2, 0) is 0 Å². The summed E-state index contributed by atoms with van der Waals surface area (Å²) in [5.41, 5.74) is 6.68. The Kier molecular flexibility index (Phi) is 4.80. The Morgan fingerprint density at radius 3 is 2.24 bits per heavy atom. The van der Waals surface area contributed by atoms with Crippen molar-refractivity contribution in [2.45, 2.75) is 27.7 Å². The van der Waals surface area contributed by atoms with Crippen LogP contribution in [-0.4, -0.2) is 0 Å². The van der Waals surface area contributed by atoms with Gasteiger partial charge in [0.25, 0.3) is 0 Å². The van der Waals surface area contributed by atoms with E-state index < -0.39 is 0 Å². The van der Waals surface area contributed by atoms with Gasteiger partial charge in [-0.25, -0.2) is 0 Å². The van der Waals surface area contributed by atoms with Crippen LogP contribution < -0.4 is 0 Å². The average Bonchev–Trinajstić information content (AvgIpc) is 2.47. The largest absolute Gasteiger partial charge is 0.0833 e. The normalized spacial score (nSPS) is 21.0. The highest BCUT2D eigenvalue weighted by molar-refractivity contribution is 5.85. The molecule has 1 atom stereocenters. The van der Waals surface area contributed by atoms with E-state index >= 15 is 0 Å². The molecular weight excluding hydrogens is 252 g/mol. The van der Waals surface area contributed by atoms with Gasteiger partial charge in [-0.15, -0.1) is 0 Å². The van der Waals surface area contributed by atoms with Crippen molar-refractivity contribution in [2.75, 3.05) is 0 Å². The minimum Gasteiger partial charge on any atom is -0.0833 e. The summed E-state index contributed by atoms with van der Waals surface area (Å²) in [5, 5.41) is 0. The first kappa shape index (κ1) is 15.3. The summed E-state index contributed by atoms with van der Waals surface area (Å²) < 4.78 is 0. The van der Waals surface area contributed by atoms with Gasteiger partial charge in [-0.05, 0) is 47.1 Å². The number of rotatable bonds is 0. The van der Waals surface area contributed by atoms with Crippen LogP contribution in [0.3, 0.4) is 0 Å². The minimum atomic E-state index is 0. The Hall–Kier alpha value is -2.08. The van der Waals surface area contributed by atoms with Gasteiger partial charge in [0.05, 0.1) is 0 Å². The highest BCUT2D eigenvalue weighted by Gasteiger charge is 2.10. The van der Waals surface area contributed by atoms with Crippen molar-refractivity contribution in [3.8, 4) is 11.1 Å². The van der Waals surface area contributed by atoms with Crippen molar-refractivity contribution in [2.24, 2.45) is 5.92 Å². The standard InChI is InChI=1S/C20H20.CH4/c1-15-8-7-10-17-9-3-4-12-19(17)20-13-6-5-11-18(20)16(2)14-15;/h3-7,9-15H,8H2,1-2H3;1H4/b10-7+,16-14+;. The summed E-state index contributed by atoms with van der Waals surface area (Å²) in [6.45, 7) is 4.51. The molecule has 0 saturated carbocycles. The van der Waals surface area contributed by atoms with Crippen LogP contribution in [0.15, 0.2) is 60.7 Å². The van der Waals surface area contributed by atoms with E-state index in [4.69, 9.17) is 0 Å². The smallest absolute Gasteiger partial charge is 0.0103 e. The molecule has 108 valence electrons.